The standard InChI is InChI=1S/C15H21FN2O/c1-11(12-4-3-5-13(16)10-12)18-14(19)15(2)6-8-17-9-7-15/h3-5,10-11,17H,6-9H2,1-2H3,(H,18,19)/t11-/m0/s1. The molecule has 1 saturated heterocycles. The largest absolute Gasteiger partial charge is 0.349 e. The lowest BCUT2D eigenvalue weighted by atomic mass is 9.80. The maximum Gasteiger partial charge on any atom is 0.226 e. The van der Waals surface area contributed by atoms with E-state index in [1.807, 2.05) is 19.9 Å². The Labute approximate surface area is 113 Å². The highest BCUT2D eigenvalue weighted by molar-refractivity contribution is 5.82. The van der Waals surface area contributed by atoms with Crippen molar-refractivity contribution in [3.8, 4) is 0 Å². The number of nitrogens with one attached hydrogen (secondary N) is 2. The zero-order chi connectivity index (χ0) is 13.9. The van der Waals surface area contributed by atoms with Gasteiger partial charge >= 0.3 is 0 Å². The Morgan fingerprint density at radius 1 is 1.42 bits per heavy atom. The van der Waals surface area contributed by atoms with Gasteiger partial charge in [0.25, 0.3) is 0 Å². The maximum absolute atomic E-state index is 13.2. The predicted molar refractivity (Wildman–Crippen MR) is 73.2 cm³/mol. The van der Waals surface area contributed by atoms with E-state index in [9.17, 15) is 9.18 Å². The molecular formula is C15H21FN2O. The normalized spacial score (nSPS) is 19.7. The third-order valence-electron chi connectivity index (χ3n) is 3.95. The molecule has 1 heterocycles. The number of amides is 1. The van der Waals surface area contributed by atoms with Gasteiger partial charge in [-0.05, 0) is 50.6 Å². The molecule has 0 aromatic heterocycles. The summed E-state index contributed by atoms with van der Waals surface area (Å²) in [5, 5.41) is 6.26. The molecule has 4 heteroatoms. The maximum atomic E-state index is 13.2. The first-order valence-electron chi connectivity index (χ1n) is 6.78. The molecule has 0 spiro atoms. The molecule has 19 heavy (non-hydrogen) atoms. The number of carbonyl (C=O) groups is 1. The highest BCUT2D eigenvalue weighted by atomic mass is 19.1. The summed E-state index contributed by atoms with van der Waals surface area (Å²) in [4.78, 5) is 12.4. The van der Waals surface area contributed by atoms with E-state index in [1.54, 1.807) is 6.07 Å². The van der Waals surface area contributed by atoms with Crippen molar-refractivity contribution in [3.05, 3.63) is 35.6 Å². The molecule has 1 atom stereocenters. The average Bonchev–Trinajstić information content (AvgIpc) is 2.39. The van der Waals surface area contributed by atoms with Crippen LogP contribution in [-0.2, 0) is 4.79 Å². The summed E-state index contributed by atoms with van der Waals surface area (Å²) in [5.74, 6) is -0.211. The van der Waals surface area contributed by atoms with E-state index in [4.69, 9.17) is 0 Å². The first-order chi connectivity index (χ1) is 9.01. The Morgan fingerprint density at radius 3 is 2.74 bits per heavy atom. The topological polar surface area (TPSA) is 41.1 Å². The van der Waals surface area contributed by atoms with Gasteiger partial charge in [0.15, 0.2) is 0 Å². The van der Waals surface area contributed by atoms with Crippen LogP contribution < -0.4 is 10.6 Å². The number of halogens is 1. The quantitative estimate of drug-likeness (QED) is 0.880. The Morgan fingerprint density at radius 2 is 2.11 bits per heavy atom. The number of carbonyl (C=O) groups excluding carboxylic acids is 1. The molecule has 2 rings (SSSR count). The predicted octanol–water partition coefficient (Wildman–Crippen LogP) is 2.39. The van der Waals surface area contributed by atoms with Gasteiger partial charge in [-0.1, -0.05) is 19.1 Å². The smallest absolute Gasteiger partial charge is 0.226 e. The molecule has 104 valence electrons. The number of piperidine rings is 1. The summed E-state index contributed by atoms with van der Waals surface area (Å²) in [6, 6.07) is 6.20. The molecule has 1 fully saturated rings. The molecule has 1 aromatic rings. The Balaban J connectivity index is 2.02. The fourth-order valence-corrected chi connectivity index (χ4v) is 2.44. The van der Waals surface area contributed by atoms with Crippen molar-refractivity contribution < 1.29 is 9.18 Å². The molecule has 1 aromatic carbocycles. The second-order valence-electron chi connectivity index (χ2n) is 5.56. The van der Waals surface area contributed by atoms with Crippen LogP contribution in [0.2, 0.25) is 0 Å². The van der Waals surface area contributed by atoms with E-state index in [-0.39, 0.29) is 23.2 Å². The van der Waals surface area contributed by atoms with Crippen molar-refractivity contribution in [3.63, 3.8) is 0 Å². The van der Waals surface area contributed by atoms with Crippen LogP contribution in [-0.4, -0.2) is 19.0 Å². The Bertz CT molecular complexity index is 455. The second kappa shape index (κ2) is 5.70. The summed E-state index contributed by atoms with van der Waals surface area (Å²) < 4.78 is 13.2. The molecule has 1 aliphatic rings. The second-order valence-corrected chi connectivity index (χ2v) is 5.56. The average molecular weight is 264 g/mol. The van der Waals surface area contributed by atoms with Gasteiger partial charge in [0.2, 0.25) is 5.91 Å². The lowest BCUT2D eigenvalue weighted by molar-refractivity contribution is -0.132. The summed E-state index contributed by atoms with van der Waals surface area (Å²) in [6.07, 6.45) is 1.68. The van der Waals surface area contributed by atoms with E-state index in [2.05, 4.69) is 10.6 Å². The van der Waals surface area contributed by atoms with Crippen LogP contribution in [0.4, 0.5) is 4.39 Å². The van der Waals surface area contributed by atoms with Crippen molar-refractivity contribution >= 4 is 5.91 Å². The molecule has 0 bridgehead atoms. The molecule has 2 N–H and O–H groups in total. The van der Waals surface area contributed by atoms with E-state index in [0.717, 1.165) is 31.5 Å². The van der Waals surface area contributed by atoms with Gasteiger partial charge in [0.05, 0.1) is 6.04 Å². The van der Waals surface area contributed by atoms with Gasteiger partial charge in [-0.3, -0.25) is 4.79 Å². The molecule has 1 aliphatic heterocycles. The molecule has 0 saturated carbocycles. The van der Waals surface area contributed by atoms with Gasteiger partial charge in [-0.2, -0.15) is 0 Å². The SMILES string of the molecule is C[C@H](NC(=O)C1(C)CCNCC1)c1cccc(F)c1. The summed E-state index contributed by atoms with van der Waals surface area (Å²) in [5.41, 5.74) is 0.484. The van der Waals surface area contributed by atoms with Gasteiger partial charge < -0.3 is 10.6 Å². The highest BCUT2D eigenvalue weighted by Crippen LogP contribution is 2.29. The van der Waals surface area contributed by atoms with Crippen LogP contribution in [0.5, 0.6) is 0 Å². The Hall–Kier alpha value is -1.42. The Kier molecular flexibility index (Phi) is 4.20. The van der Waals surface area contributed by atoms with Gasteiger partial charge in [0, 0.05) is 5.41 Å². The number of hydrogen-bond donors (Lipinski definition) is 2. The zero-order valence-corrected chi connectivity index (χ0v) is 11.5. The number of benzene rings is 1. The van der Waals surface area contributed by atoms with Crippen molar-refractivity contribution in [1.29, 1.82) is 0 Å². The summed E-state index contributed by atoms with van der Waals surface area (Å²) in [6.45, 7) is 5.63. The van der Waals surface area contributed by atoms with Crippen LogP contribution in [0.25, 0.3) is 0 Å². The zero-order valence-electron chi connectivity index (χ0n) is 11.5. The number of rotatable bonds is 3. The summed E-state index contributed by atoms with van der Waals surface area (Å²) in [7, 11) is 0. The third kappa shape index (κ3) is 3.32. The third-order valence-corrected chi connectivity index (χ3v) is 3.95. The minimum Gasteiger partial charge on any atom is -0.349 e. The highest BCUT2D eigenvalue weighted by Gasteiger charge is 2.35. The molecule has 0 radical (unpaired) electrons. The van der Waals surface area contributed by atoms with Crippen molar-refractivity contribution in [2.45, 2.75) is 32.7 Å². The molecule has 0 aliphatic carbocycles. The van der Waals surface area contributed by atoms with Crippen LogP contribution >= 0.6 is 0 Å². The van der Waals surface area contributed by atoms with Gasteiger partial charge in [0.1, 0.15) is 5.82 Å². The molecule has 3 nitrogen and oxygen atoms in total. The minimum atomic E-state index is -0.313. The van der Waals surface area contributed by atoms with Gasteiger partial charge in [-0.15, -0.1) is 0 Å². The molecule has 1 amide bonds. The van der Waals surface area contributed by atoms with E-state index >= 15 is 0 Å². The van der Waals surface area contributed by atoms with E-state index in [0.29, 0.717) is 0 Å². The van der Waals surface area contributed by atoms with Crippen LogP contribution in [0, 0.1) is 11.2 Å². The van der Waals surface area contributed by atoms with Crippen molar-refractivity contribution in [1.82, 2.24) is 10.6 Å². The number of hydrogen-bond acceptors (Lipinski definition) is 2. The lowest BCUT2D eigenvalue weighted by Crippen LogP contribution is -2.46. The fraction of sp³-hybridized carbons (Fsp3) is 0.533. The van der Waals surface area contributed by atoms with Crippen molar-refractivity contribution in [2.24, 2.45) is 5.41 Å². The van der Waals surface area contributed by atoms with Crippen LogP contribution in [0.3, 0.4) is 0 Å². The van der Waals surface area contributed by atoms with Crippen LogP contribution in [0.1, 0.15) is 38.3 Å². The monoisotopic (exact) mass is 264 g/mol. The first kappa shape index (κ1) is 14.0. The van der Waals surface area contributed by atoms with Crippen molar-refractivity contribution in [2.75, 3.05) is 13.1 Å². The minimum absolute atomic E-state index is 0.0609. The van der Waals surface area contributed by atoms with E-state index in [1.165, 1.54) is 12.1 Å². The van der Waals surface area contributed by atoms with Gasteiger partial charge in [-0.25, -0.2) is 4.39 Å². The first-order valence-corrected chi connectivity index (χ1v) is 6.78. The summed E-state index contributed by atoms with van der Waals surface area (Å²) >= 11 is 0. The van der Waals surface area contributed by atoms with E-state index < -0.39 is 0 Å². The fourth-order valence-electron chi connectivity index (χ4n) is 2.44. The lowest BCUT2D eigenvalue weighted by Gasteiger charge is -2.33. The van der Waals surface area contributed by atoms with Crippen LogP contribution in [0.15, 0.2) is 24.3 Å². The molecule has 0 unspecified atom stereocenters. The molecular weight excluding hydrogens is 243 g/mol.